The van der Waals surface area contributed by atoms with Crippen molar-refractivity contribution in [3.05, 3.63) is 63.0 Å². The van der Waals surface area contributed by atoms with Crippen LogP contribution in [0.25, 0.3) is 6.08 Å². The van der Waals surface area contributed by atoms with Gasteiger partial charge >= 0.3 is 0 Å². The van der Waals surface area contributed by atoms with Crippen LogP contribution in [0.1, 0.15) is 11.1 Å². The van der Waals surface area contributed by atoms with Gasteiger partial charge in [-0.25, -0.2) is 0 Å². The molecule has 1 heterocycles. The third-order valence-corrected chi connectivity index (χ3v) is 4.79. The Kier molecular flexibility index (Phi) is 5.00. The van der Waals surface area contributed by atoms with Crippen molar-refractivity contribution in [2.24, 2.45) is 0 Å². The summed E-state index contributed by atoms with van der Waals surface area (Å²) >= 11 is 9.61. The number of hydrogen-bond donors (Lipinski definition) is 1. The van der Waals surface area contributed by atoms with Crippen LogP contribution in [-0.4, -0.2) is 10.2 Å². The van der Waals surface area contributed by atoms with Gasteiger partial charge in [-0.1, -0.05) is 58.1 Å². The van der Waals surface area contributed by atoms with Crippen molar-refractivity contribution in [3.8, 4) is 17.6 Å². The number of nitrogens with zero attached hydrogens (tertiary/aromatic N) is 1. The highest BCUT2D eigenvalue weighted by atomic mass is 79.9. The van der Waals surface area contributed by atoms with Crippen molar-refractivity contribution < 1.29 is 9.53 Å². The second-order valence-electron chi connectivity index (χ2n) is 4.74. The largest absolute Gasteiger partial charge is 0.455 e. The smallest absolute Gasteiger partial charge is 0.263 e. The van der Waals surface area contributed by atoms with Gasteiger partial charge in [-0.2, -0.15) is 5.26 Å². The zero-order valence-electron chi connectivity index (χ0n) is 12.1. The summed E-state index contributed by atoms with van der Waals surface area (Å²) in [4.78, 5) is 12.3. The van der Waals surface area contributed by atoms with E-state index in [-0.39, 0.29) is 5.91 Å². The second kappa shape index (κ2) is 7.18. The van der Waals surface area contributed by atoms with E-state index in [9.17, 15) is 10.1 Å². The molecule has 24 heavy (non-hydrogen) atoms. The summed E-state index contributed by atoms with van der Waals surface area (Å²) < 4.78 is 7.17. The highest BCUT2D eigenvalue weighted by Gasteiger charge is 2.22. The molecule has 2 aromatic carbocycles. The molecule has 0 unspecified atom stereocenters. The second-order valence-corrected chi connectivity index (χ2v) is 7.38. The number of thioether (sulfide) groups is 1. The quantitative estimate of drug-likeness (QED) is 0.584. The lowest BCUT2D eigenvalue weighted by Crippen LogP contribution is -2.17. The first-order chi connectivity index (χ1) is 11.6. The number of para-hydroxylation sites is 1. The van der Waals surface area contributed by atoms with Gasteiger partial charge in [0.15, 0.2) is 0 Å². The minimum atomic E-state index is -0.226. The molecule has 3 rings (SSSR count). The summed E-state index contributed by atoms with van der Waals surface area (Å²) in [5.41, 5.74) is 1.15. The standard InChI is InChI=1S/C17H9BrN2O2S2/c18-12-6-5-10(7-15-16(21)20-17(23)24-15)14(8-12)22-13-4-2-1-3-11(13)9-19/h1-8H,(H,20,21,23)/b15-7+. The van der Waals surface area contributed by atoms with Crippen molar-refractivity contribution in [2.75, 3.05) is 0 Å². The molecule has 1 fully saturated rings. The molecule has 0 saturated carbocycles. The van der Waals surface area contributed by atoms with Gasteiger partial charge in [-0.15, -0.1) is 0 Å². The molecule has 1 aliphatic rings. The van der Waals surface area contributed by atoms with Crippen LogP contribution in [0, 0.1) is 11.3 Å². The molecule has 7 heteroatoms. The molecule has 1 saturated heterocycles. The van der Waals surface area contributed by atoms with Crippen molar-refractivity contribution in [1.82, 2.24) is 5.32 Å². The average Bonchev–Trinajstić information content (AvgIpc) is 2.88. The van der Waals surface area contributed by atoms with Crippen molar-refractivity contribution in [3.63, 3.8) is 0 Å². The number of carbonyl (C=O) groups excluding carboxylic acids is 1. The van der Waals surface area contributed by atoms with Crippen LogP contribution < -0.4 is 10.1 Å². The van der Waals surface area contributed by atoms with Gasteiger partial charge < -0.3 is 10.1 Å². The summed E-state index contributed by atoms with van der Waals surface area (Å²) in [7, 11) is 0. The number of rotatable bonds is 3. The van der Waals surface area contributed by atoms with Crippen LogP contribution >= 0.6 is 39.9 Å². The van der Waals surface area contributed by atoms with E-state index >= 15 is 0 Å². The monoisotopic (exact) mass is 416 g/mol. The van der Waals surface area contributed by atoms with E-state index in [4.69, 9.17) is 17.0 Å². The summed E-state index contributed by atoms with van der Waals surface area (Å²) in [5.74, 6) is 0.763. The molecular formula is C17H9BrN2O2S2. The van der Waals surface area contributed by atoms with Crippen molar-refractivity contribution in [1.29, 1.82) is 5.26 Å². The molecule has 0 radical (unpaired) electrons. The molecule has 0 spiro atoms. The topological polar surface area (TPSA) is 62.1 Å². The van der Waals surface area contributed by atoms with Gasteiger partial charge in [0.05, 0.1) is 10.5 Å². The van der Waals surface area contributed by atoms with Crippen LogP contribution in [0.4, 0.5) is 0 Å². The van der Waals surface area contributed by atoms with Crippen molar-refractivity contribution >= 4 is 56.2 Å². The molecule has 1 aliphatic heterocycles. The third kappa shape index (κ3) is 3.67. The number of carbonyl (C=O) groups is 1. The number of nitrogens with one attached hydrogen (secondary N) is 1. The molecule has 1 N–H and O–H groups in total. The zero-order valence-corrected chi connectivity index (χ0v) is 15.3. The van der Waals surface area contributed by atoms with E-state index in [0.29, 0.717) is 31.9 Å². The first kappa shape index (κ1) is 16.7. The Labute approximate surface area is 156 Å². The minimum Gasteiger partial charge on any atom is -0.455 e. The Bertz CT molecular complexity index is 919. The summed E-state index contributed by atoms with van der Waals surface area (Å²) in [6.07, 6.45) is 1.72. The van der Waals surface area contributed by atoms with E-state index in [2.05, 4.69) is 27.3 Å². The number of nitriles is 1. The van der Waals surface area contributed by atoms with Gasteiger partial charge in [0.1, 0.15) is 21.9 Å². The lowest BCUT2D eigenvalue weighted by atomic mass is 10.1. The molecule has 4 nitrogen and oxygen atoms in total. The van der Waals surface area contributed by atoms with Gasteiger partial charge in [0, 0.05) is 10.0 Å². The Morgan fingerprint density at radius 2 is 2.04 bits per heavy atom. The maximum absolute atomic E-state index is 11.8. The number of halogens is 1. The highest BCUT2D eigenvalue weighted by molar-refractivity contribution is 9.10. The number of benzene rings is 2. The van der Waals surface area contributed by atoms with E-state index < -0.39 is 0 Å². The predicted octanol–water partition coefficient (Wildman–Crippen LogP) is 4.60. The number of amides is 1. The fourth-order valence-electron chi connectivity index (χ4n) is 2.04. The molecule has 1 amide bonds. The first-order valence-corrected chi connectivity index (χ1v) is 8.80. The summed E-state index contributed by atoms with van der Waals surface area (Å²) in [5, 5.41) is 11.8. The summed E-state index contributed by atoms with van der Waals surface area (Å²) in [6, 6.07) is 14.5. The number of ether oxygens (including phenoxy) is 1. The first-order valence-electron chi connectivity index (χ1n) is 6.78. The third-order valence-electron chi connectivity index (χ3n) is 3.13. The average molecular weight is 417 g/mol. The van der Waals surface area contributed by atoms with Crippen LogP contribution in [-0.2, 0) is 4.79 Å². The van der Waals surface area contributed by atoms with Gasteiger partial charge in [-0.3, -0.25) is 4.79 Å². The van der Waals surface area contributed by atoms with Gasteiger partial charge in [0.2, 0.25) is 0 Å². The zero-order chi connectivity index (χ0) is 17.1. The Morgan fingerprint density at radius 1 is 1.25 bits per heavy atom. The Balaban J connectivity index is 2.01. The Hall–Kier alpha value is -2.14. The molecule has 0 aromatic heterocycles. The minimum absolute atomic E-state index is 0.226. The molecule has 0 aliphatic carbocycles. The maximum atomic E-state index is 11.8. The lowest BCUT2D eigenvalue weighted by Gasteiger charge is -2.11. The van der Waals surface area contributed by atoms with E-state index in [1.54, 1.807) is 36.4 Å². The molecule has 118 valence electrons. The highest BCUT2D eigenvalue weighted by Crippen LogP contribution is 2.34. The molecule has 0 bridgehead atoms. The lowest BCUT2D eigenvalue weighted by molar-refractivity contribution is -0.115. The molecule has 2 aromatic rings. The molecule has 0 atom stereocenters. The van der Waals surface area contributed by atoms with Crippen LogP contribution in [0.2, 0.25) is 0 Å². The van der Waals surface area contributed by atoms with E-state index in [0.717, 1.165) is 4.47 Å². The summed E-state index contributed by atoms with van der Waals surface area (Å²) in [6.45, 7) is 0. The van der Waals surface area contributed by atoms with Gasteiger partial charge in [0.25, 0.3) is 5.91 Å². The predicted molar refractivity (Wildman–Crippen MR) is 102 cm³/mol. The molecular weight excluding hydrogens is 408 g/mol. The van der Waals surface area contributed by atoms with Gasteiger partial charge in [-0.05, 0) is 30.3 Å². The van der Waals surface area contributed by atoms with Crippen LogP contribution in [0.15, 0.2) is 51.8 Å². The van der Waals surface area contributed by atoms with E-state index in [1.165, 1.54) is 11.8 Å². The fourth-order valence-corrected chi connectivity index (χ4v) is 3.42. The normalized spacial score (nSPS) is 15.2. The van der Waals surface area contributed by atoms with Crippen LogP contribution in [0.3, 0.4) is 0 Å². The van der Waals surface area contributed by atoms with E-state index in [1.807, 2.05) is 12.1 Å². The SMILES string of the molecule is N#Cc1ccccc1Oc1cc(Br)ccc1/C=C1/SC(=S)NC1=O. The Morgan fingerprint density at radius 3 is 2.75 bits per heavy atom. The fraction of sp³-hybridized carbons (Fsp3) is 0. The van der Waals surface area contributed by atoms with Crippen molar-refractivity contribution in [2.45, 2.75) is 0 Å². The number of hydrogen-bond acceptors (Lipinski definition) is 5. The van der Waals surface area contributed by atoms with Crippen LogP contribution in [0.5, 0.6) is 11.5 Å². The maximum Gasteiger partial charge on any atom is 0.263 e. The number of thiocarbonyl (C=S) groups is 1.